The molecule has 0 radical (unpaired) electrons. The van der Waals surface area contributed by atoms with Crippen molar-refractivity contribution < 1.29 is 24.5 Å². The molecule has 3 aliphatic carbocycles. The Labute approximate surface area is 303 Å². The number of carbonyl (C=O) groups is 2. The number of ketones is 2. The zero-order valence-corrected chi connectivity index (χ0v) is 30.1. The van der Waals surface area contributed by atoms with Gasteiger partial charge in [-0.2, -0.15) is 0 Å². The van der Waals surface area contributed by atoms with Crippen molar-refractivity contribution in [3.05, 3.63) is 83.0 Å². The van der Waals surface area contributed by atoms with Gasteiger partial charge in [0, 0.05) is 31.1 Å². The lowest BCUT2D eigenvalue weighted by molar-refractivity contribution is -0.130. The fourth-order valence-electron chi connectivity index (χ4n) is 9.20. The number of aryl methyl sites for hydroxylation is 1. The van der Waals surface area contributed by atoms with E-state index >= 15 is 0 Å². The van der Waals surface area contributed by atoms with Gasteiger partial charge in [0.1, 0.15) is 17.4 Å². The van der Waals surface area contributed by atoms with Gasteiger partial charge in [-0.3, -0.25) is 9.59 Å². The molecule has 3 aromatic rings. The highest BCUT2D eigenvalue weighted by Crippen LogP contribution is 2.44. The Balaban J connectivity index is 1.41. The highest BCUT2D eigenvalue weighted by molar-refractivity contribution is 6.00. The zero-order chi connectivity index (χ0) is 35.7. The summed E-state index contributed by atoms with van der Waals surface area (Å²) in [4.78, 5) is 32.1. The fourth-order valence-corrected chi connectivity index (χ4v) is 9.20. The molecular weight excluding hydrogens is 636 g/mol. The summed E-state index contributed by atoms with van der Waals surface area (Å²) in [7, 11) is 1.52. The van der Waals surface area contributed by atoms with Gasteiger partial charge >= 0.3 is 0 Å². The molecule has 0 saturated heterocycles. The molecule has 6 unspecified atom stereocenters. The van der Waals surface area contributed by atoms with Crippen molar-refractivity contribution >= 4 is 17.4 Å². The number of nitrogens with zero attached hydrogens (tertiary/aromatic N) is 1. The number of pyridine rings is 1. The second-order valence-corrected chi connectivity index (χ2v) is 15.4. The summed E-state index contributed by atoms with van der Waals surface area (Å²) in [6, 6.07) is 17.5. The van der Waals surface area contributed by atoms with Crippen LogP contribution < -0.4 is 10.5 Å². The maximum Gasteiger partial charge on any atom is 0.160 e. The second kappa shape index (κ2) is 17.4. The van der Waals surface area contributed by atoms with E-state index in [4.69, 9.17) is 10.5 Å². The third kappa shape index (κ3) is 9.40. The molecule has 7 heteroatoms. The molecule has 2 fully saturated rings. The van der Waals surface area contributed by atoms with Gasteiger partial charge in [0.05, 0.1) is 19.4 Å². The lowest BCUT2D eigenvalue weighted by Gasteiger charge is -2.31. The van der Waals surface area contributed by atoms with Crippen LogP contribution >= 0.6 is 0 Å². The van der Waals surface area contributed by atoms with Crippen LogP contribution in [0, 0.1) is 47.3 Å². The largest absolute Gasteiger partial charge is 0.504 e. The number of aliphatic hydroxyl groups excluding tert-OH is 1. The summed E-state index contributed by atoms with van der Waals surface area (Å²) < 4.78 is 5.46. The van der Waals surface area contributed by atoms with Crippen molar-refractivity contribution in [3.8, 4) is 23.3 Å². The van der Waals surface area contributed by atoms with Gasteiger partial charge in [0.2, 0.25) is 0 Å². The summed E-state index contributed by atoms with van der Waals surface area (Å²) in [5, 5.41) is 21.8. The van der Waals surface area contributed by atoms with Gasteiger partial charge in [-0.15, -0.1) is 0 Å². The van der Waals surface area contributed by atoms with Gasteiger partial charge in [0.25, 0.3) is 0 Å². The predicted octanol–water partition coefficient (Wildman–Crippen LogP) is 7.85. The van der Waals surface area contributed by atoms with E-state index in [1.165, 1.54) is 39.2 Å². The molecule has 4 N–H and O–H groups in total. The van der Waals surface area contributed by atoms with Crippen LogP contribution in [0.15, 0.2) is 60.8 Å². The van der Waals surface area contributed by atoms with Gasteiger partial charge in [-0.25, -0.2) is 4.98 Å². The number of fused-ring (bicyclic) bond motifs is 2. The number of phenols is 1. The number of rotatable bonds is 9. The molecule has 1 heterocycles. The van der Waals surface area contributed by atoms with Crippen LogP contribution in [-0.2, 0) is 22.4 Å². The van der Waals surface area contributed by atoms with Crippen molar-refractivity contribution in [1.82, 2.24) is 4.98 Å². The summed E-state index contributed by atoms with van der Waals surface area (Å²) in [6.45, 7) is 0.0995. The number of aromatic hydroxyl groups is 1. The van der Waals surface area contributed by atoms with Crippen molar-refractivity contribution in [2.75, 3.05) is 19.5 Å². The minimum atomic E-state index is -0.401. The Bertz CT molecular complexity index is 1710. The van der Waals surface area contributed by atoms with E-state index in [0.29, 0.717) is 36.7 Å². The molecule has 0 amide bonds. The zero-order valence-electron chi connectivity index (χ0n) is 30.1. The lowest BCUT2D eigenvalue weighted by atomic mass is 9.74. The lowest BCUT2D eigenvalue weighted by Crippen LogP contribution is -2.29. The Morgan fingerprint density at radius 2 is 1.76 bits per heavy atom. The normalized spacial score (nSPS) is 25.2. The van der Waals surface area contributed by atoms with E-state index in [1.807, 2.05) is 42.5 Å². The van der Waals surface area contributed by atoms with Crippen LogP contribution in [-0.4, -0.2) is 40.5 Å². The van der Waals surface area contributed by atoms with Crippen LogP contribution in [0.2, 0.25) is 0 Å². The van der Waals surface area contributed by atoms with E-state index in [2.05, 4.69) is 16.8 Å². The van der Waals surface area contributed by atoms with Gasteiger partial charge < -0.3 is 20.7 Å². The average molecular weight is 691 g/mol. The van der Waals surface area contributed by atoms with E-state index in [-0.39, 0.29) is 66.4 Å². The van der Waals surface area contributed by atoms with E-state index in [1.54, 1.807) is 18.3 Å². The third-order valence-corrected chi connectivity index (χ3v) is 12.0. The van der Waals surface area contributed by atoms with Crippen LogP contribution in [0.5, 0.6) is 11.5 Å². The minimum absolute atomic E-state index is 0.0255. The molecule has 6 atom stereocenters. The first-order valence-corrected chi connectivity index (χ1v) is 19.1. The number of aromatic nitrogens is 1. The van der Waals surface area contributed by atoms with Crippen molar-refractivity contribution in [2.45, 2.75) is 95.8 Å². The standard InChI is InChI=1S/C44H54N2O5/c1-51-43-25-34-14-16-37(48)26-41(49)40-24-36(35(28-47)13-12-29-8-4-2-5-9-29)22-31(20-30-18-19-46-44(45)23-30)21-33(40)15-17-38(39(34)27-42(43)50)32-10-6-3-7-11-32/h3,6-7,10-11,18-19,23,25,27,29,31,33,35-36,38,40,47,50H,2,4-5,8-9,12-14,16,20-22,24,26,28H2,1H3,(H2,45,46). The van der Waals surface area contributed by atoms with Gasteiger partial charge in [-0.1, -0.05) is 80.7 Å². The number of hydrogen-bond donors (Lipinski definition) is 3. The predicted molar refractivity (Wildman–Crippen MR) is 200 cm³/mol. The van der Waals surface area contributed by atoms with Crippen molar-refractivity contribution in [3.63, 3.8) is 0 Å². The first-order chi connectivity index (χ1) is 24.8. The molecule has 2 aromatic carbocycles. The first kappa shape index (κ1) is 36.6. The molecular formula is C44H54N2O5. The topological polar surface area (TPSA) is 123 Å². The number of Topliss-reactive ketones (excluding diaryl/α,β-unsaturated/α-hetero) is 2. The van der Waals surface area contributed by atoms with Crippen LogP contribution in [0.3, 0.4) is 0 Å². The van der Waals surface area contributed by atoms with Crippen molar-refractivity contribution in [1.29, 1.82) is 0 Å². The average Bonchev–Trinajstić information content (AvgIpc) is 3.31. The molecule has 7 nitrogen and oxygen atoms in total. The monoisotopic (exact) mass is 690 g/mol. The minimum Gasteiger partial charge on any atom is -0.504 e. The Kier molecular flexibility index (Phi) is 12.5. The molecule has 0 spiro atoms. The van der Waals surface area contributed by atoms with E-state index < -0.39 is 5.92 Å². The number of ether oxygens (including phenoxy) is 1. The number of nitrogens with two attached hydrogens (primary N) is 1. The molecule has 270 valence electrons. The molecule has 1 aromatic heterocycles. The smallest absolute Gasteiger partial charge is 0.160 e. The number of benzene rings is 2. The summed E-state index contributed by atoms with van der Waals surface area (Å²) in [5.41, 5.74) is 9.93. The van der Waals surface area contributed by atoms with Crippen LogP contribution in [0.4, 0.5) is 5.82 Å². The highest BCUT2D eigenvalue weighted by Gasteiger charge is 2.39. The third-order valence-electron chi connectivity index (χ3n) is 12.0. The number of phenolic OH excluding ortho intramolecular Hbond substituents is 1. The van der Waals surface area contributed by atoms with Crippen molar-refractivity contribution in [2.24, 2.45) is 35.5 Å². The van der Waals surface area contributed by atoms with Crippen LogP contribution in [0.25, 0.3) is 0 Å². The SMILES string of the molecule is COc1cc2c(cc1O)C(c1ccccc1)C#CC1CC(Cc3ccnc(N)c3)CC(C(CO)CCC3CCCCC3)CC1C(=O)CC(=O)CC2. The van der Waals surface area contributed by atoms with Gasteiger partial charge in [-0.05, 0) is 109 Å². The maximum atomic E-state index is 14.3. The number of nitrogen functional groups attached to an aromatic ring is 1. The Morgan fingerprint density at radius 3 is 2.51 bits per heavy atom. The number of hydrogen-bond acceptors (Lipinski definition) is 7. The number of carbonyl (C=O) groups excluding carboxylic acids is 2. The summed E-state index contributed by atoms with van der Waals surface area (Å²) in [6.07, 6.45) is 13.8. The second-order valence-electron chi connectivity index (χ2n) is 15.4. The molecule has 2 saturated carbocycles. The molecule has 3 aliphatic rings. The quantitative estimate of drug-likeness (QED) is 0.154. The molecule has 0 bridgehead atoms. The van der Waals surface area contributed by atoms with E-state index in [0.717, 1.165) is 47.9 Å². The molecule has 6 rings (SSSR count). The summed E-state index contributed by atoms with van der Waals surface area (Å²) in [5.74, 6) is 8.16. The summed E-state index contributed by atoms with van der Waals surface area (Å²) >= 11 is 0. The first-order valence-electron chi connectivity index (χ1n) is 19.1. The molecule has 0 aliphatic heterocycles. The highest BCUT2D eigenvalue weighted by atomic mass is 16.5. The number of methoxy groups -OCH3 is 1. The number of anilines is 1. The molecule has 51 heavy (non-hydrogen) atoms. The Morgan fingerprint density at radius 1 is 0.961 bits per heavy atom. The Hall–Kier alpha value is -4.15. The fraction of sp³-hybridized carbons (Fsp3) is 0.523. The van der Waals surface area contributed by atoms with Crippen LogP contribution in [0.1, 0.15) is 105 Å². The maximum absolute atomic E-state index is 14.3. The van der Waals surface area contributed by atoms with E-state index in [9.17, 15) is 19.8 Å². The van der Waals surface area contributed by atoms with Gasteiger partial charge in [0.15, 0.2) is 11.5 Å². The number of aliphatic hydroxyl groups is 1.